The summed E-state index contributed by atoms with van der Waals surface area (Å²) in [6.07, 6.45) is -0.0912. The molecule has 16 heavy (non-hydrogen) atoms. The Morgan fingerprint density at radius 1 is 1.56 bits per heavy atom. The van der Waals surface area contributed by atoms with Gasteiger partial charge in [-0.2, -0.15) is 0 Å². The summed E-state index contributed by atoms with van der Waals surface area (Å²) in [5.74, 6) is 0.419. The predicted molar refractivity (Wildman–Crippen MR) is 53.8 cm³/mol. The number of aldehydes is 1. The molecule has 1 atom stereocenters. The first-order valence-electron chi connectivity index (χ1n) is 4.52. The van der Waals surface area contributed by atoms with Crippen molar-refractivity contribution < 1.29 is 19.2 Å². The highest BCUT2D eigenvalue weighted by atomic mass is 16.6. The molecule has 0 amide bonds. The van der Waals surface area contributed by atoms with Gasteiger partial charge in [0, 0.05) is 6.07 Å². The van der Waals surface area contributed by atoms with Crippen molar-refractivity contribution in [2.45, 2.75) is 6.10 Å². The number of benzene rings is 1. The first-order chi connectivity index (χ1) is 7.63. The van der Waals surface area contributed by atoms with E-state index in [4.69, 9.17) is 9.47 Å². The van der Waals surface area contributed by atoms with E-state index in [1.54, 1.807) is 0 Å². The van der Waals surface area contributed by atoms with Gasteiger partial charge in [-0.25, -0.2) is 0 Å². The number of hydrogen-bond donors (Lipinski definition) is 0. The van der Waals surface area contributed by atoms with Crippen LogP contribution in [-0.2, 0) is 0 Å². The Bertz CT molecular complexity index is 457. The van der Waals surface area contributed by atoms with E-state index in [2.05, 4.69) is 6.92 Å². The molecular formula is C10H8NO5. The van der Waals surface area contributed by atoms with Crippen molar-refractivity contribution in [3.63, 3.8) is 0 Å². The Hall–Kier alpha value is -2.11. The van der Waals surface area contributed by atoms with E-state index in [0.29, 0.717) is 12.0 Å². The van der Waals surface area contributed by atoms with Crippen LogP contribution in [0.15, 0.2) is 12.1 Å². The third kappa shape index (κ3) is 1.58. The molecule has 1 aliphatic rings. The number of fused-ring (bicyclic) bond motifs is 1. The summed E-state index contributed by atoms with van der Waals surface area (Å²) in [6.45, 7) is 3.87. The van der Waals surface area contributed by atoms with Crippen LogP contribution in [0.5, 0.6) is 11.5 Å². The molecule has 0 N–H and O–H groups in total. The molecule has 1 aromatic rings. The maximum Gasteiger partial charge on any atom is 0.283 e. The van der Waals surface area contributed by atoms with E-state index in [-0.39, 0.29) is 23.6 Å². The van der Waals surface area contributed by atoms with Crippen molar-refractivity contribution >= 4 is 12.0 Å². The summed E-state index contributed by atoms with van der Waals surface area (Å²) in [6, 6.07) is 2.63. The van der Waals surface area contributed by atoms with Gasteiger partial charge in [-0.1, -0.05) is 0 Å². The summed E-state index contributed by atoms with van der Waals surface area (Å²) in [5, 5.41) is 10.7. The van der Waals surface area contributed by atoms with E-state index < -0.39 is 11.0 Å². The quantitative estimate of drug-likeness (QED) is 0.429. The molecule has 1 unspecified atom stereocenters. The minimum Gasteiger partial charge on any atom is -0.486 e. The average Bonchev–Trinajstić information content (AvgIpc) is 2.27. The Balaban J connectivity index is 2.59. The molecule has 6 nitrogen and oxygen atoms in total. The molecule has 0 fully saturated rings. The normalized spacial score (nSPS) is 17.9. The van der Waals surface area contributed by atoms with Gasteiger partial charge in [0.2, 0.25) is 0 Å². The molecule has 1 heterocycles. The predicted octanol–water partition coefficient (Wildman–Crippen LogP) is 1.38. The Morgan fingerprint density at radius 2 is 2.31 bits per heavy atom. The zero-order chi connectivity index (χ0) is 11.7. The minimum absolute atomic E-state index is 0.0930. The summed E-state index contributed by atoms with van der Waals surface area (Å²) >= 11 is 0. The van der Waals surface area contributed by atoms with E-state index in [1.165, 1.54) is 12.1 Å². The molecule has 6 heteroatoms. The largest absolute Gasteiger partial charge is 0.486 e. The lowest BCUT2D eigenvalue weighted by molar-refractivity contribution is -0.385. The first kappa shape index (κ1) is 10.4. The third-order valence-corrected chi connectivity index (χ3v) is 2.16. The summed E-state index contributed by atoms with van der Waals surface area (Å²) in [7, 11) is 0. The highest BCUT2D eigenvalue weighted by molar-refractivity contribution is 5.87. The molecule has 0 bridgehead atoms. The number of carbonyl (C=O) groups excluding carboxylic acids is 1. The molecule has 0 saturated heterocycles. The second-order valence-electron chi connectivity index (χ2n) is 3.25. The number of rotatable bonds is 2. The summed E-state index contributed by atoms with van der Waals surface area (Å²) in [5.41, 5.74) is -0.415. The molecule has 0 saturated carbocycles. The van der Waals surface area contributed by atoms with Gasteiger partial charge in [0.1, 0.15) is 18.3 Å². The molecule has 1 aliphatic heterocycles. The van der Waals surface area contributed by atoms with Gasteiger partial charge in [0.05, 0.1) is 4.92 Å². The van der Waals surface area contributed by atoms with E-state index in [0.717, 1.165) is 0 Å². The van der Waals surface area contributed by atoms with Gasteiger partial charge in [-0.05, 0) is 13.0 Å². The molecular weight excluding hydrogens is 214 g/mol. The van der Waals surface area contributed by atoms with Crippen molar-refractivity contribution in [2.75, 3.05) is 6.61 Å². The molecule has 0 aliphatic carbocycles. The fourth-order valence-corrected chi connectivity index (χ4v) is 1.46. The van der Waals surface area contributed by atoms with Crippen LogP contribution < -0.4 is 9.47 Å². The monoisotopic (exact) mass is 222 g/mol. The Morgan fingerprint density at radius 3 is 2.94 bits per heavy atom. The van der Waals surface area contributed by atoms with Gasteiger partial charge in [-0.3, -0.25) is 14.9 Å². The van der Waals surface area contributed by atoms with Crippen molar-refractivity contribution in [1.29, 1.82) is 0 Å². The van der Waals surface area contributed by atoms with Crippen LogP contribution in [0, 0.1) is 17.0 Å². The number of nitrogens with zero attached hydrogens (tertiary/aromatic N) is 1. The number of nitro benzene ring substituents is 1. The average molecular weight is 222 g/mol. The van der Waals surface area contributed by atoms with Crippen LogP contribution in [0.1, 0.15) is 10.4 Å². The molecule has 0 aromatic heterocycles. The van der Waals surface area contributed by atoms with Crippen molar-refractivity contribution in [3.8, 4) is 11.5 Å². The zero-order valence-electron chi connectivity index (χ0n) is 8.21. The van der Waals surface area contributed by atoms with Crippen LogP contribution in [0.4, 0.5) is 5.69 Å². The summed E-state index contributed by atoms with van der Waals surface area (Å²) < 4.78 is 10.5. The van der Waals surface area contributed by atoms with Gasteiger partial charge in [0.15, 0.2) is 17.8 Å². The standard InChI is InChI=1S/C10H8NO5/c1-6-5-15-9-3-2-8(11(13)14)7(4-12)10(9)16-6/h2-4,6H,1,5H2. The Labute approximate surface area is 90.9 Å². The van der Waals surface area contributed by atoms with Gasteiger partial charge < -0.3 is 9.47 Å². The fraction of sp³-hybridized carbons (Fsp3) is 0.200. The number of ether oxygens (including phenoxy) is 2. The topological polar surface area (TPSA) is 78.7 Å². The van der Waals surface area contributed by atoms with E-state index in [9.17, 15) is 14.9 Å². The second-order valence-corrected chi connectivity index (χ2v) is 3.25. The minimum atomic E-state index is -0.639. The number of hydrogen-bond acceptors (Lipinski definition) is 5. The number of carbonyl (C=O) groups is 1. The zero-order valence-corrected chi connectivity index (χ0v) is 8.21. The molecule has 1 aromatic carbocycles. The van der Waals surface area contributed by atoms with Crippen LogP contribution in [0.25, 0.3) is 0 Å². The lowest BCUT2D eigenvalue weighted by Gasteiger charge is -2.24. The maximum absolute atomic E-state index is 10.8. The smallest absolute Gasteiger partial charge is 0.283 e. The van der Waals surface area contributed by atoms with Crippen molar-refractivity contribution in [2.24, 2.45) is 0 Å². The van der Waals surface area contributed by atoms with Crippen LogP contribution in [0.2, 0.25) is 0 Å². The summed E-state index contributed by atoms with van der Waals surface area (Å²) in [4.78, 5) is 20.9. The molecule has 2 rings (SSSR count). The van der Waals surface area contributed by atoms with Crippen LogP contribution in [0.3, 0.4) is 0 Å². The highest BCUT2D eigenvalue weighted by Crippen LogP contribution is 2.38. The first-order valence-corrected chi connectivity index (χ1v) is 4.52. The van der Waals surface area contributed by atoms with Crippen LogP contribution >= 0.6 is 0 Å². The van der Waals surface area contributed by atoms with Gasteiger partial charge in [0.25, 0.3) is 5.69 Å². The van der Waals surface area contributed by atoms with Crippen molar-refractivity contribution in [3.05, 3.63) is 34.7 Å². The van der Waals surface area contributed by atoms with Crippen LogP contribution in [-0.4, -0.2) is 23.9 Å². The molecule has 0 spiro atoms. The fourth-order valence-electron chi connectivity index (χ4n) is 1.46. The lowest BCUT2D eigenvalue weighted by Crippen LogP contribution is -2.27. The maximum atomic E-state index is 10.8. The van der Waals surface area contributed by atoms with E-state index in [1.807, 2.05) is 0 Å². The third-order valence-electron chi connectivity index (χ3n) is 2.16. The van der Waals surface area contributed by atoms with E-state index >= 15 is 0 Å². The Kier molecular flexibility index (Phi) is 2.47. The van der Waals surface area contributed by atoms with Gasteiger partial charge in [-0.15, -0.1) is 0 Å². The molecule has 1 radical (unpaired) electrons. The highest BCUT2D eigenvalue weighted by Gasteiger charge is 2.27. The second kappa shape index (κ2) is 3.80. The van der Waals surface area contributed by atoms with Crippen molar-refractivity contribution in [1.82, 2.24) is 0 Å². The van der Waals surface area contributed by atoms with Gasteiger partial charge >= 0.3 is 0 Å². The molecule has 83 valence electrons. The lowest BCUT2D eigenvalue weighted by atomic mass is 10.1. The SMILES string of the molecule is [CH2]C1COc2ccc([N+](=O)[O-])c(C=O)c2O1. The number of nitro groups is 1.